The summed E-state index contributed by atoms with van der Waals surface area (Å²) in [6.07, 6.45) is 0. The van der Waals surface area contributed by atoms with Gasteiger partial charge in [0.2, 0.25) is 11.0 Å². The minimum atomic E-state index is -3.59. The molecular formula is C17H23N3O4S. The van der Waals surface area contributed by atoms with Crippen molar-refractivity contribution in [2.75, 3.05) is 33.0 Å². The number of anilines is 1. The summed E-state index contributed by atoms with van der Waals surface area (Å²) in [4.78, 5) is 13.8. The SMILES string of the molecule is Cc1ccc(NC(=O)CN(C)Cc2ccc(S(=O)(=O)N(C)C)o2)cc1. The summed E-state index contributed by atoms with van der Waals surface area (Å²) in [7, 11) is 1.06. The van der Waals surface area contributed by atoms with E-state index in [-0.39, 0.29) is 17.5 Å². The number of hydrogen-bond acceptors (Lipinski definition) is 5. The van der Waals surface area contributed by atoms with Crippen LogP contribution in [-0.2, 0) is 21.4 Å². The Morgan fingerprint density at radius 2 is 1.72 bits per heavy atom. The molecule has 0 bridgehead atoms. The van der Waals surface area contributed by atoms with Crippen LogP contribution in [0.3, 0.4) is 0 Å². The average molecular weight is 365 g/mol. The number of carbonyl (C=O) groups excluding carboxylic acids is 1. The Balaban J connectivity index is 1.92. The highest BCUT2D eigenvalue weighted by molar-refractivity contribution is 7.88. The fourth-order valence-electron chi connectivity index (χ4n) is 2.17. The van der Waals surface area contributed by atoms with E-state index in [1.54, 1.807) is 18.0 Å². The Morgan fingerprint density at radius 3 is 2.32 bits per heavy atom. The molecule has 1 aromatic heterocycles. The topological polar surface area (TPSA) is 82.9 Å². The van der Waals surface area contributed by atoms with Crippen molar-refractivity contribution < 1.29 is 17.6 Å². The number of benzene rings is 1. The third-order valence-corrected chi connectivity index (χ3v) is 5.24. The van der Waals surface area contributed by atoms with E-state index in [9.17, 15) is 13.2 Å². The molecule has 0 saturated heterocycles. The molecule has 1 amide bonds. The van der Waals surface area contributed by atoms with E-state index in [1.165, 1.54) is 20.2 Å². The Kier molecular flexibility index (Phi) is 5.99. The summed E-state index contributed by atoms with van der Waals surface area (Å²) in [6.45, 7) is 2.46. The van der Waals surface area contributed by atoms with Crippen molar-refractivity contribution in [3.05, 3.63) is 47.7 Å². The van der Waals surface area contributed by atoms with Crippen molar-refractivity contribution in [2.24, 2.45) is 0 Å². The number of amides is 1. The van der Waals surface area contributed by atoms with Gasteiger partial charge in [0.1, 0.15) is 5.76 Å². The van der Waals surface area contributed by atoms with E-state index in [1.807, 2.05) is 31.2 Å². The Labute approximate surface area is 148 Å². The predicted octanol–water partition coefficient (Wildman–Crippen LogP) is 1.91. The first-order valence-corrected chi connectivity index (χ1v) is 9.19. The van der Waals surface area contributed by atoms with Crippen LogP contribution in [0, 0.1) is 6.92 Å². The van der Waals surface area contributed by atoms with Crippen molar-refractivity contribution >= 4 is 21.6 Å². The summed E-state index contributed by atoms with van der Waals surface area (Å²) >= 11 is 0. The molecule has 2 aromatic rings. The summed E-state index contributed by atoms with van der Waals surface area (Å²) in [5, 5.41) is 2.71. The van der Waals surface area contributed by atoms with E-state index in [0.717, 1.165) is 15.6 Å². The second kappa shape index (κ2) is 7.81. The zero-order chi connectivity index (χ0) is 18.6. The molecule has 0 unspecified atom stereocenters. The van der Waals surface area contributed by atoms with Gasteiger partial charge in [-0.15, -0.1) is 0 Å². The molecule has 0 aliphatic rings. The number of nitrogens with one attached hydrogen (secondary N) is 1. The molecule has 0 aliphatic carbocycles. The third kappa shape index (κ3) is 5.15. The summed E-state index contributed by atoms with van der Waals surface area (Å²) in [6, 6.07) is 10.6. The number of rotatable bonds is 7. The van der Waals surface area contributed by atoms with E-state index in [2.05, 4.69) is 5.32 Å². The quantitative estimate of drug-likeness (QED) is 0.810. The van der Waals surface area contributed by atoms with Gasteiger partial charge in [-0.2, -0.15) is 0 Å². The van der Waals surface area contributed by atoms with Gasteiger partial charge in [0, 0.05) is 19.8 Å². The number of nitrogens with zero attached hydrogens (tertiary/aromatic N) is 2. The molecule has 0 aliphatic heterocycles. The van der Waals surface area contributed by atoms with Crippen LogP contribution < -0.4 is 5.32 Å². The van der Waals surface area contributed by atoms with Gasteiger partial charge in [-0.3, -0.25) is 9.69 Å². The van der Waals surface area contributed by atoms with E-state index < -0.39 is 10.0 Å². The standard InChI is InChI=1S/C17H23N3O4S/c1-13-5-7-14(8-6-13)18-16(21)12-20(4)11-15-9-10-17(24-15)25(22,23)19(2)3/h5-10H,11-12H2,1-4H3,(H,18,21). The lowest BCUT2D eigenvalue weighted by molar-refractivity contribution is -0.117. The van der Waals surface area contributed by atoms with Crippen LogP contribution in [0.5, 0.6) is 0 Å². The number of aryl methyl sites for hydroxylation is 1. The van der Waals surface area contributed by atoms with Gasteiger partial charge in [0.25, 0.3) is 10.0 Å². The monoisotopic (exact) mass is 365 g/mol. The first kappa shape index (κ1) is 19.2. The Hall–Kier alpha value is -2.16. The molecule has 136 valence electrons. The Bertz CT molecular complexity index is 826. The number of likely N-dealkylation sites (N-methyl/N-ethyl adjacent to an activating group) is 1. The molecule has 1 N–H and O–H groups in total. The fraction of sp³-hybridized carbons (Fsp3) is 0.353. The molecule has 0 fully saturated rings. The Morgan fingerprint density at radius 1 is 1.08 bits per heavy atom. The average Bonchev–Trinajstić information content (AvgIpc) is 2.98. The lowest BCUT2D eigenvalue weighted by Gasteiger charge is -2.15. The van der Waals surface area contributed by atoms with Crippen LogP contribution in [0.2, 0.25) is 0 Å². The van der Waals surface area contributed by atoms with E-state index in [0.29, 0.717) is 12.3 Å². The maximum Gasteiger partial charge on any atom is 0.275 e. The maximum atomic E-state index is 12.1. The van der Waals surface area contributed by atoms with Gasteiger partial charge in [0.15, 0.2) is 0 Å². The van der Waals surface area contributed by atoms with Crippen LogP contribution in [-0.4, -0.2) is 51.2 Å². The number of sulfonamides is 1. The molecule has 25 heavy (non-hydrogen) atoms. The maximum absolute atomic E-state index is 12.1. The molecule has 0 saturated carbocycles. The van der Waals surface area contributed by atoms with Crippen LogP contribution in [0.25, 0.3) is 0 Å². The number of hydrogen-bond donors (Lipinski definition) is 1. The van der Waals surface area contributed by atoms with Gasteiger partial charge in [-0.05, 0) is 38.2 Å². The molecule has 0 spiro atoms. The second-order valence-electron chi connectivity index (χ2n) is 6.09. The van der Waals surface area contributed by atoms with E-state index in [4.69, 9.17) is 4.42 Å². The lowest BCUT2D eigenvalue weighted by atomic mass is 10.2. The van der Waals surface area contributed by atoms with Gasteiger partial charge < -0.3 is 9.73 Å². The summed E-state index contributed by atoms with van der Waals surface area (Å²) in [5.41, 5.74) is 1.86. The first-order chi connectivity index (χ1) is 11.7. The molecule has 2 rings (SSSR count). The zero-order valence-corrected chi connectivity index (χ0v) is 15.6. The minimum absolute atomic E-state index is 0.106. The highest BCUT2D eigenvalue weighted by Gasteiger charge is 2.22. The van der Waals surface area contributed by atoms with Crippen LogP contribution in [0.15, 0.2) is 45.9 Å². The lowest BCUT2D eigenvalue weighted by Crippen LogP contribution is -2.29. The van der Waals surface area contributed by atoms with E-state index >= 15 is 0 Å². The van der Waals surface area contributed by atoms with Crippen molar-refractivity contribution in [1.82, 2.24) is 9.21 Å². The molecule has 1 aromatic carbocycles. The van der Waals surface area contributed by atoms with Gasteiger partial charge in [-0.1, -0.05) is 17.7 Å². The smallest absolute Gasteiger partial charge is 0.275 e. The molecule has 0 radical (unpaired) electrons. The number of carbonyl (C=O) groups is 1. The highest BCUT2D eigenvalue weighted by Crippen LogP contribution is 2.17. The van der Waals surface area contributed by atoms with Crippen molar-refractivity contribution in [1.29, 1.82) is 0 Å². The van der Waals surface area contributed by atoms with Crippen molar-refractivity contribution in [2.45, 2.75) is 18.6 Å². The van der Waals surface area contributed by atoms with Crippen LogP contribution in [0.1, 0.15) is 11.3 Å². The van der Waals surface area contributed by atoms with Crippen molar-refractivity contribution in [3.8, 4) is 0 Å². The molecule has 1 heterocycles. The number of furan rings is 1. The van der Waals surface area contributed by atoms with Crippen LogP contribution >= 0.6 is 0 Å². The van der Waals surface area contributed by atoms with Crippen molar-refractivity contribution in [3.63, 3.8) is 0 Å². The zero-order valence-electron chi connectivity index (χ0n) is 14.8. The van der Waals surface area contributed by atoms with Gasteiger partial charge >= 0.3 is 0 Å². The fourth-order valence-corrected chi connectivity index (χ4v) is 2.98. The van der Waals surface area contributed by atoms with Gasteiger partial charge in [0.05, 0.1) is 13.1 Å². The molecule has 8 heteroatoms. The molecule has 7 nitrogen and oxygen atoms in total. The minimum Gasteiger partial charge on any atom is -0.447 e. The summed E-state index contributed by atoms with van der Waals surface area (Å²) in [5.74, 6) is 0.324. The first-order valence-electron chi connectivity index (χ1n) is 7.75. The highest BCUT2D eigenvalue weighted by atomic mass is 32.2. The normalized spacial score (nSPS) is 11.9. The molecule has 0 atom stereocenters. The predicted molar refractivity (Wildman–Crippen MR) is 95.7 cm³/mol. The van der Waals surface area contributed by atoms with Crippen LogP contribution in [0.4, 0.5) is 5.69 Å². The third-order valence-electron chi connectivity index (χ3n) is 3.55. The second-order valence-corrected chi connectivity index (χ2v) is 8.18. The largest absolute Gasteiger partial charge is 0.447 e. The van der Waals surface area contributed by atoms with Gasteiger partial charge in [-0.25, -0.2) is 12.7 Å². The molecular weight excluding hydrogens is 342 g/mol. The summed E-state index contributed by atoms with van der Waals surface area (Å²) < 4.78 is 30.5.